The van der Waals surface area contributed by atoms with E-state index in [1.807, 2.05) is 19.1 Å². The topological polar surface area (TPSA) is 44.4 Å². The van der Waals surface area contributed by atoms with Crippen molar-refractivity contribution in [3.05, 3.63) is 77.4 Å². The lowest BCUT2D eigenvalue weighted by Crippen LogP contribution is -2.53. The van der Waals surface area contributed by atoms with Gasteiger partial charge >= 0.3 is 0 Å². The number of hydrogen-bond acceptors (Lipinski definition) is 3. The van der Waals surface area contributed by atoms with Gasteiger partial charge < -0.3 is 15.5 Å². The van der Waals surface area contributed by atoms with Gasteiger partial charge in [0.05, 0.1) is 6.04 Å². The van der Waals surface area contributed by atoms with Crippen LogP contribution in [0.2, 0.25) is 0 Å². The number of carbonyl (C=O) groups is 1. The molecule has 0 radical (unpaired) electrons. The molecule has 3 aromatic carbocycles. The van der Waals surface area contributed by atoms with Crippen molar-refractivity contribution >= 4 is 22.4 Å². The molecule has 0 aliphatic carbocycles. The average Bonchev–Trinajstić information content (AvgIpc) is 2.79. The van der Waals surface area contributed by atoms with Crippen LogP contribution < -0.4 is 15.5 Å². The molecule has 1 fully saturated rings. The molecular weight excluding hydrogens is 382 g/mol. The second kappa shape index (κ2) is 9.11. The van der Waals surface area contributed by atoms with Gasteiger partial charge in [0.25, 0.3) is 5.91 Å². The third-order valence-corrected chi connectivity index (χ3v) is 6.48. The third kappa shape index (κ3) is 4.59. The van der Waals surface area contributed by atoms with E-state index in [-0.39, 0.29) is 11.9 Å². The minimum absolute atomic E-state index is 0.0182. The molecular formula is C27H33N3O. The van der Waals surface area contributed by atoms with Crippen LogP contribution in [-0.2, 0) is 0 Å². The van der Waals surface area contributed by atoms with Gasteiger partial charge in [0, 0.05) is 36.9 Å². The Morgan fingerprint density at radius 2 is 1.84 bits per heavy atom. The van der Waals surface area contributed by atoms with E-state index in [9.17, 15) is 4.79 Å². The number of hydrogen-bond donors (Lipinski definition) is 2. The van der Waals surface area contributed by atoms with Crippen LogP contribution in [0.25, 0.3) is 10.8 Å². The van der Waals surface area contributed by atoms with E-state index >= 15 is 0 Å². The smallest absolute Gasteiger partial charge is 0.252 e. The molecule has 1 saturated heterocycles. The van der Waals surface area contributed by atoms with Crippen LogP contribution in [0.15, 0.2) is 60.7 Å². The normalized spacial score (nSPS) is 17.7. The Kier molecular flexibility index (Phi) is 6.28. The van der Waals surface area contributed by atoms with Crippen LogP contribution >= 0.6 is 0 Å². The molecule has 0 aromatic heterocycles. The molecule has 1 amide bonds. The van der Waals surface area contributed by atoms with Gasteiger partial charge in [-0.25, -0.2) is 0 Å². The molecule has 0 saturated carbocycles. The Balaban J connectivity index is 1.55. The molecule has 2 N–H and O–H groups in total. The van der Waals surface area contributed by atoms with Crippen molar-refractivity contribution in [3.8, 4) is 0 Å². The van der Waals surface area contributed by atoms with Crippen LogP contribution in [0.5, 0.6) is 0 Å². The highest BCUT2D eigenvalue weighted by atomic mass is 16.1. The monoisotopic (exact) mass is 415 g/mol. The van der Waals surface area contributed by atoms with Crippen molar-refractivity contribution in [2.75, 3.05) is 24.5 Å². The molecule has 2 atom stereocenters. The molecule has 162 valence electrons. The van der Waals surface area contributed by atoms with Gasteiger partial charge in [-0.3, -0.25) is 4.79 Å². The maximum Gasteiger partial charge on any atom is 0.252 e. The van der Waals surface area contributed by atoms with E-state index in [1.54, 1.807) is 0 Å². The van der Waals surface area contributed by atoms with Crippen LogP contribution in [-0.4, -0.2) is 31.6 Å². The number of rotatable bonds is 5. The Labute approximate surface area is 185 Å². The second-order valence-electron chi connectivity index (χ2n) is 9.01. The molecule has 1 heterocycles. The van der Waals surface area contributed by atoms with Crippen LogP contribution in [0.1, 0.15) is 48.3 Å². The van der Waals surface area contributed by atoms with E-state index in [0.29, 0.717) is 12.0 Å². The van der Waals surface area contributed by atoms with Crippen molar-refractivity contribution in [2.45, 2.75) is 39.8 Å². The van der Waals surface area contributed by atoms with Crippen LogP contribution in [0.4, 0.5) is 5.69 Å². The summed E-state index contributed by atoms with van der Waals surface area (Å²) < 4.78 is 0. The lowest BCUT2D eigenvalue weighted by atomic mass is 9.98. The van der Waals surface area contributed by atoms with Crippen LogP contribution in [0.3, 0.4) is 0 Å². The predicted octanol–water partition coefficient (Wildman–Crippen LogP) is 5.07. The fraction of sp³-hybridized carbons (Fsp3) is 0.370. The summed E-state index contributed by atoms with van der Waals surface area (Å²) in [5.41, 5.74) is 4.02. The highest BCUT2D eigenvalue weighted by Gasteiger charge is 2.23. The largest absolute Gasteiger partial charge is 0.369 e. The Morgan fingerprint density at radius 3 is 2.65 bits per heavy atom. The summed E-state index contributed by atoms with van der Waals surface area (Å²) in [5, 5.41) is 9.21. The summed E-state index contributed by atoms with van der Waals surface area (Å²) in [4.78, 5) is 15.6. The fourth-order valence-electron chi connectivity index (χ4n) is 4.49. The van der Waals surface area contributed by atoms with E-state index in [2.05, 4.69) is 84.8 Å². The number of nitrogens with one attached hydrogen (secondary N) is 2. The highest BCUT2D eigenvalue weighted by Crippen LogP contribution is 2.26. The highest BCUT2D eigenvalue weighted by molar-refractivity contribution is 5.97. The van der Waals surface area contributed by atoms with Crippen molar-refractivity contribution in [3.63, 3.8) is 0 Å². The molecule has 3 aromatic rings. The number of amides is 1. The van der Waals surface area contributed by atoms with E-state index < -0.39 is 0 Å². The number of fused-ring (bicyclic) bond motifs is 1. The SMILES string of the molecule is Cc1ccc(N2CCNC(C(C)C)C2)cc1C(=O)NC(C)c1cccc2ccccc12. The molecule has 4 heteroatoms. The summed E-state index contributed by atoms with van der Waals surface area (Å²) in [6, 6.07) is 21.3. The lowest BCUT2D eigenvalue weighted by Gasteiger charge is -2.37. The van der Waals surface area contributed by atoms with E-state index in [0.717, 1.165) is 42.0 Å². The van der Waals surface area contributed by atoms with E-state index in [1.165, 1.54) is 10.8 Å². The molecule has 1 aliphatic heterocycles. The van der Waals surface area contributed by atoms with Gasteiger partial charge in [-0.2, -0.15) is 0 Å². The average molecular weight is 416 g/mol. The molecule has 31 heavy (non-hydrogen) atoms. The van der Waals surface area contributed by atoms with Crippen molar-refractivity contribution in [1.82, 2.24) is 10.6 Å². The van der Waals surface area contributed by atoms with Gasteiger partial charge in [0.15, 0.2) is 0 Å². The number of nitrogens with zero attached hydrogens (tertiary/aromatic N) is 1. The first-order chi connectivity index (χ1) is 14.9. The summed E-state index contributed by atoms with van der Waals surface area (Å²) in [6.45, 7) is 11.5. The molecule has 1 aliphatic rings. The lowest BCUT2D eigenvalue weighted by molar-refractivity contribution is 0.0939. The predicted molar refractivity (Wildman–Crippen MR) is 130 cm³/mol. The van der Waals surface area contributed by atoms with Gasteiger partial charge in [0.1, 0.15) is 0 Å². The molecule has 2 unspecified atom stereocenters. The maximum absolute atomic E-state index is 13.3. The van der Waals surface area contributed by atoms with Crippen LogP contribution in [0, 0.1) is 12.8 Å². The van der Waals surface area contributed by atoms with E-state index in [4.69, 9.17) is 0 Å². The zero-order valence-electron chi connectivity index (χ0n) is 19.0. The Morgan fingerprint density at radius 1 is 1.06 bits per heavy atom. The Hall–Kier alpha value is -2.85. The molecule has 4 nitrogen and oxygen atoms in total. The number of anilines is 1. The standard InChI is InChI=1S/C27H33N3O/c1-18(2)26-17-30(15-14-28-26)22-13-12-19(3)25(16-22)27(31)29-20(4)23-11-7-9-21-8-5-6-10-24(21)23/h5-13,16,18,20,26,28H,14-15,17H2,1-4H3,(H,29,31). The first-order valence-electron chi connectivity index (χ1n) is 11.3. The van der Waals surface area contributed by atoms with Crippen molar-refractivity contribution in [2.24, 2.45) is 5.92 Å². The molecule has 0 spiro atoms. The summed E-state index contributed by atoms with van der Waals surface area (Å²) >= 11 is 0. The van der Waals surface area contributed by atoms with Gasteiger partial charge in [0.2, 0.25) is 0 Å². The minimum Gasteiger partial charge on any atom is -0.369 e. The van der Waals surface area contributed by atoms with Gasteiger partial charge in [-0.15, -0.1) is 0 Å². The third-order valence-electron chi connectivity index (χ3n) is 6.48. The fourth-order valence-corrected chi connectivity index (χ4v) is 4.49. The van der Waals surface area contributed by atoms with Gasteiger partial charge in [-0.1, -0.05) is 62.4 Å². The zero-order valence-corrected chi connectivity index (χ0v) is 19.0. The molecule has 4 rings (SSSR count). The quantitative estimate of drug-likeness (QED) is 0.611. The summed E-state index contributed by atoms with van der Waals surface area (Å²) in [6.07, 6.45) is 0. The maximum atomic E-state index is 13.3. The Bertz CT molecular complexity index is 1070. The minimum atomic E-state index is -0.0776. The second-order valence-corrected chi connectivity index (χ2v) is 9.01. The first kappa shape index (κ1) is 21.4. The number of carbonyl (C=O) groups excluding carboxylic acids is 1. The molecule has 0 bridgehead atoms. The van der Waals surface area contributed by atoms with Gasteiger partial charge in [-0.05, 0) is 53.8 Å². The number of piperazine rings is 1. The first-order valence-corrected chi connectivity index (χ1v) is 11.3. The number of aryl methyl sites for hydroxylation is 1. The summed E-state index contributed by atoms with van der Waals surface area (Å²) in [7, 11) is 0. The van der Waals surface area contributed by atoms with Crippen molar-refractivity contribution < 1.29 is 4.79 Å². The number of benzene rings is 3. The van der Waals surface area contributed by atoms with Crippen molar-refractivity contribution in [1.29, 1.82) is 0 Å². The zero-order chi connectivity index (χ0) is 22.0. The summed E-state index contributed by atoms with van der Waals surface area (Å²) in [5.74, 6) is 0.563.